The molecule has 1 N–H and O–H groups in total. The number of hydrogen-bond acceptors (Lipinski definition) is 5. The number of Topliss-reactive ketones (excluding diaryl/α,β-unsaturated/α-hetero) is 1. The average molecular weight is 530 g/mol. The molecule has 1 fully saturated rings. The first-order chi connectivity index (χ1) is 15.8. The number of imide groups is 2. The van der Waals surface area contributed by atoms with Gasteiger partial charge in [-0.1, -0.05) is 41.9 Å². The quantitative estimate of drug-likeness (QED) is 0.607. The van der Waals surface area contributed by atoms with Gasteiger partial charge in [0, 0.05) is 41.8 Å². The Morgan fingerprint density at radius 1 is 1.03 bits per heavy atom. The number of carboxylic acids is 1. The maximum atomic E-state index is 13.5. The minimum atomic E-state index is -1.44. The number of fused-ring (bicyclic) bond motifs is 1. The molecule has 0 saturated carbocycles. The van der Waals surface area contributed by atoms with Gasteiger partial charge in [0.15, 0.2) is 5.78 Å². The van der Waals surface area contributed by atoms with Crippen LogP contribution in [0.25, 0.3) is 11.3 Å². The minimum absolute atomic E-state index is 0.167. The van der Waals surface area contributed by atoms with Gasteiger partial charge in [-0.15, -0.1) is 0 Å². The first-order valence-electron chi connectivity index (χ1n) is 10.7. The Labute approximate surface area is 204 Å². The molecule has 2 heterocycles. The number of nitrogens with zero attached hydrogens (tertiary/aromatic N) is 3. The largest absolute Gasteiger partial charge is 0.480 e. The maximum Gasteiger partial charge on any atom is 0.332 e. The summed E-state index contributed by atoms with van der Waals surface area (Å²) < 4.78 is 2.32. The van der Waals surface area contributed by atoms with Crippen LogP contribution in [-0.4, -0.2) is 63.2 Å². The minimum Gasteiger partial charge on any atom is -0.480 e. The van der Waals surface area contributed by atoms with Crippen molar-refractivity contribution in [3.05, 3.63) is 45.6 Å². The first-order valence-corrected chi connectivity index (χ1v) is 11.5. The Morgan fingerprint density at radius 2 is 1.59 bits per heavy atom. The van der Waals surface area contributed by atoms with Gasteiger partial charge >= 0.3 is 12.0 Å². The lowest BCUT2D eigenvalue weighted by molar-refractivity contribution is -0.143. The number of carbonyl (C=O) groups excluding carboxylic acids is 4. The van der Waals surface area contributed by atoms with Gasteiger partial charge in [0.2, 0.25) is 11.8 Å². The van der Waals surface area contributed by atoms with Crippen LogP contribution in [0.15, 0.2) is 28.7 Å². The van der Waals surface area contributed by atoms with Crippen molar-refractivity contribution in [3.63, 3.8) is 0 Å². The fraction of sp³-hybridized carbons (Fsp3) is 0.375. The average Bonchev–Trinajstić information content (AvgIpc) is 3.04. The van der Waals surface area contributed by atoms with E-state index < -0.39 is 41.7 Å². The summed E-state index contributed by atoms with van der Waals surface area (Å²) in [5.74, 6) is -4.32. The molecule has 1 aromatic carbocycles. The molecule has 2 aliphatic rings. The number of aromatic nitrogens is 1. The summed E-state index contributed by atoms with van der Waals surface area (Å²) in [6.07, 6.45) is 0.578. The van der Waals surface area contributed by atoms with Crippen LogP contribution in [0.5, 0.6) is 0 Å². The number of urea groups is 1. The summed E-state index contributed by atoms with van der Waals surface area (Å²) in [5.41, 5.74) is 1.31. The van der Waals surface area contributed by atoms with Gasteiger partial charge in [0.1, 0.15) is 12.5 Å². The molecule has 1 aliphatic carbocycles. The van der Waals surface area contributed by atoms with Crippen LogP contribution in [-0.2, 0) is 27.3 Å². The predicted octanol–water partition coefficient (Wildman–Crippen LogP) is 3.29. The summed E-state index contributed by atoms with van der Waals surface area (Å²) in [6.45, 7) is 3.39. The second-order valence-electron chi connectivity index (χ2n) is 9.52. The smallest absolute Gasteiger partial charge is 0.332 e. The molecule has 2 aromatic rings. The highest BCUT2D eigenvalue weighted by atomic mass is 79.9. The molecular weight excluding hydrogens is 506 g/mol. The van der Waals surface area contributed by atoms with E-state index in [0.717, 1.165) is 14.3 Å². The molecular formula is C24H24BrN3O6. The number of likely N-dealkylation sites (N-methyl/N-ethyl adjacent to an activating group) is 2. The third-order valence-corrected chi connectivity index (χ3v) is 6.93. The monoisotopic (exact) mass is 529 g/mol. The van der Waals surface area contributed by atoms with E-state index in [2.05, 4.69) is 15.9 Å². The van der Waals surface area contributed by atoms with E-state index in [-0.39, 0.29) is 23.3 Å². The molecule has 1 aromatic heterocycles. The highest BCUT2D eigenvalue weighted by Gasteiger charge is 2.49. The zero-order chi connectivity index (χ0) is 25.1. The highest BCUT2D eigenvalue weighted by molar-refractivity contribution is 9.10. The van der Waals surface area contributed by atoms with E-state index in [0.29, 0.717) is 23.4 Å². The van der Waals surface area contributed by atoms with Gasteiger partial charge in [0.25, 0.3) is 0 Å². The van der Waals surface area contributed by atoms with Crippen molar-refractivity contribution in [2.45, 2.75) is 39.2 Å². The van der Waals surface area contributed by atoms with E-state index in [4.69, 9.17) is 0 Å². The van der Waals surface area contributed by atoms with Crippen molar-refractivity contribution in [2.75, 3.05) is 14.1 Å². The standard InChI is InChI=1S/C24H24BrN3O6/c1-24(2)9-14-17(15(29)10-24)18(19-21(32)26(3)23(34)27(4)22(19)33)20(28(14)11-16(30)31)12-5-7-13(25)8-6-12/h5-8,19H,9-11H2,1-4H3,(H,30,31). The molecule has 1 saturated heterocycles. The summed E-state index contributed by atoms with van der Waals surface area (Å²) in [7, 11) is 2.57. The van der Waals surface area contributed by atoms with E-state index in [9.17, 15) is 29.1 Å². The van der Waals surface area contributed by atoms with Crippen molar-refractivity contribution in [2.24, 2.45) is 5.41 Å². The Balaban J connectivity index is 2.11. The molecule has 4 amide bonds. The normalized spacial score (nSPS) is 18.5. The molecule has 0 spiro atoms. The van der Waals surface area contributed by atoms with Crippen LogP contribution in [0.1, 0.15) is 47.8 Å². The number of halogens is 1. The lowest BCUT2D eigenvalue weighted by Gasteiger charge is -2.34. The van der Waals surface area contributed by atoms with E-state index in [1.54, 1.807) is 24.3 Å². The van der Waals surface area contributed by atoms with Crippen LogP contribution in [0, 0.1) is 5.41 Å². The number of benzene rings is 1. The second-order valence-corrected chi connectivity index (χ2v) is 10.4. The highest BCUT2D eigenvalue weighted by Crippen LogP contribution is 2.46. The third kappa shape index (κ3) is 3.75. The van der Waals surface area contributed by atoms with Crippen LogP contribution in [0.2, 0.25) is 0 Å². The number of ketones is 1. The maximum absolute atomic E-state index is 13.5. The summed E-state index contributed by atoms with van der Waals surface area (Å²) >= 11 is 3.38. The summed E-state index contributed by atoms with van der Waals surface area (Å²) in [6, 6.07) is 6.22. The van der Waals surface area contributed by atoms with Gasteiger partial charge in [-0.3, -0.25) is 29.0 Å². The molecule has 4 rings (SSSR count). The molecule has 1 aliphatic heterocycles. The number of hydrogen-bond donors (Lipinski definition) is 1. The fourth-order valence-corrected chi connectivity index (χ4v) is 5.15. The molecule has 0 radical (unpaired) electrons. The molecule has 9 nitrogen and oxygen atoms in total. The van der Waals surface area contributed by atoms with Crippen molar-refractivity contribution < 1.29 is 29.1 Å². The Bertz CT molecular complexity index is 1240. The first kappa shape index (κ1) is 23.9. The molecule has 0 bridgehead atoms. The summed E-state index contributed by atoms with van der Waals surface area (Å²) in [5, 5.41) is 9.71. The number of carboxylic acid groups (broad SMARTS) is 1. The van der Waals surface area contributed by atoms with E-state index >= 15 is 0 Å². The number of carbonyl (C=O) groups is 5. The van der Waals surface area contributed by atoms with Gasteiger partial charge in [0.05, 0.1) is 5.69 Å². The van der Waals surface area contributed by atoms with Crippen molar-refractivity contribution in [1.82, 2.24) is 14.4 Å². The van der Waals surface area contributed by atoms with Crippen molar-refractivity contribution in [3.8, 4) is 11.3 Å². The van der Waals surface area contributed by atoms with E-state index in [1.807, 2.05) is 13.8 Å². The van der Waals surface area contributed by atoms with Crippen LogP contribution in [0.4, 0.5) is 4.79 Å². The zero-order valence-corrected chi connectivity index (χ0v) is 20.8. The van der Waals surface area contributed by atoms with Crippen molar-refractivity contribution in [1.29, 1.82) is 0 Å². The molecule has 34 heavy (non-hydrogen) atoms. The number of aliphatic carboxylic acids is 1. The van der Waals surface area contributed by atoms with Gasteiger partial charge in [-0.25, -0.2) is 4.79 Å². The molecule has 0 unspecified atom stereocenters. The SMILES string of the molecule is CN1C(=O)C(c2c3c(n(CC(=O)O)c2-c2ccc(Br)cc2)CC(C)(C)CC3=O)C(=O)N(C)C1=O. The van der Waals surface area contributed by atoms with Gasteiger partial charge < -0.3 is 9.67 Å². The Hall–Kier alpha value is -3.27. The fourth-order valence-electron chi connectivity index (χ4n) is 4.89. The lowest BCUT2D eigenvalue weighted by atomic mass is 9.74. The van der Waals surface area contributed by atoms with E-state index in [1.165, 1.54) is 18.7 Å². The Kier molecular flexibility index (Phi) is 5.75. The van der Waals surface area contributed by atoms with Crippen LogP contribution in [0.3, 0.4) is 0 Å². The van der Waals surface area contributed by atoms with Gasteiger partial charge in [-0.2, -0.15) is 0 Å². The Morgan fingerprint density at radius 3 is 2.12 bits per heavy atom. The lowest BCUT2D eigenvalue weighted by Crippen LogP contribution is -2.56. The zero-order valence-electron chi connectivity index (χ0n) is 19.2. The second kappa shape index (κ2) is 8.19. The molecule has 0 atom stereocenters. The summed E-state index contributed by atoms with van der Waals surface area (Å²) in [4.78, 5) is 66.0. The van der Waals surface area contributed by atoms with Crippen molar-refractivity contribution >= 4 is 45.5 Å². The van der Waals surface area contributed by atoms with Gasteiger partial charge in [-0.05, 0) is 29.5 Å². The van der Waals surface area contributed by atoms with Crippen LogP contribution >= 0.6 is 15.9 Å². The molecule has 178 valence electrons. The number of rotatable bonds is 4. The topological polar surface area (TPSA) is 117 Å². The molecule has 10 heteroatoms. The third-order valence-electron chi connectivity index (χ3n) is 6.40. The number of amides is 4. The number of barbiturate groups is 1. The van der Waals surface area contributed by atoms with Crippen LogP contribution < -0.4 is 0 Å². The predicted molar refractivity (Wildman–Crippen MR) is 125 cm³/mol.